The minimum absolute atomic E-state index is 0.0686. The van der Waals surface area contributed by atoms with Crippen molar-refractivity contribution in [1.82, 2.24) is 9.97 Å². The predicted octanol–water partition coefficient (Wildman–Crippen LogP) is 9.79. The number of hydrogen-bond acceptors (Lipinski definition) is 4. The fourth-order valence-electron chi connectivity index (χ4n) is 4.26. The van der Waals surface area contributed by atoms with Gasteiger partial charge in [-0.25, -0.2) is 9.18 Å². The zero-order valence-corrected chi connectivity index (χ0v) is 27.9. The number of pyridine rings is 1. The third kappa shape index (κ3) is 9.72. The van der Waals surface area contributed by atoms with Crippen LogP contribution < -0.4 is 4.57 Å². The molecule has 1 aromatic carbocycles. The molecular formula is C35H55FN3O2+. The number of fused-ring (bicyclic) bond motifs is 1. The van der Waals surface area contributed by atoms with Crippen molar-refractivity contribution < 1.29 is 18.5 Å². The number of aromatic nitrogens is 3. The summed E-state index contributed by atoms with van der Waals surface area (Å²) in [6, 6.07) is 10.5. The molecule has 1 aliphatic rings. The molecule has 0 fully saturated rings. The van der Waals surface area contributed by atoms with Crippen LogP contribution in [0.2, 0.25) is 0 Å². The number of carbonyl (C=O) groups is 1. The summed E-state index contributed by atoms with van der Waals surface area (Å²) in [6.07, 6.45) is 6.28. The first-order valence-corrected chi connectivity index (χ1v) is 15.5. The number of cyclic esters (lactones) is 1. The molecule has 0 saturated carbocycles. The van der Waals surface area contributed by atoms with Gasteiger partial charge in [0.05, 0.1) is 17.1 Å². The van der Waals surface area contributed by atoms with Crippen molar-refractivity contribution in [2.24, 2.45) is 0 Å². The van der Waals surface area contributed by atoms with Gasteiger partial charge < -0.3 is 4.74 Å². The highest BCUT2D eigenvalue weighted by Crippen LogP contribution is 2.38. The molecule has 1 atom stereocenters. The molecule has 41 heavy (non-hydrogen) atoms. The Kier molecular flexibility index (Phi) is 17.6. The van der Waals surface area contributed by atoms with E-state index in [2.05, 4.69) is 41.5 Å². The Labute approximate surface area is 249 Å². The number of aryl methyl sites for hydroxylation is 1. The van der Waals surface area contributed by atoms with Crippen LogP contribution in [0, 0.1) is 5.82 Å². The smallest absolute Gasteiger partial charge is 0.395 e. The van der Waals surface area contributed by atoms with Crippen LogP contribution in [-0.4, -0.2) is 15.9 Å². The minimum atomic E-state index is -0.238. The Balaban J connectivity index is 0.000000779. The molecule has 0 aliphatic carbocycles. The monoisotopic (exact) mass is 568 g/mol. The van der Waals surface area contributed by atoms with E-state index in [1.807, 2.05) is 83.6 Å². The predicted molar refractivity (Wildman–Crippen MR) is 170 cm³/mol. The highest BCUT2D eigenvalue weighted by molar-refractivity contribution is 5.86. The van der Waals surface area contributed by atoms with Gasteiger partial charge in [0.2, 0.25) is 0 Å². The normalized spacial score (nSPS) is 13.1. The summed E-state index contributed by atoms with van der Waals surface area (Å²) in [4.78, 5) is 20.6. The van der Waals surface area contributed by atoms with Crippen LogP contribution in [-0.2, 0) is 16.6 Å². The summed E-state index contributed by atoms with van der Waals surface area (Å²) in [6.45, 7) is 26.7. The molecular weight excluding hydrogens is 513 g/mol. The lowest BCUT2D eigenvalue weighted by Gasteiger charge is -2.30. The molecule has 4 rings (SSSR count). The summed E-state index contributed by atoms with van der Waals surface area (Å²) in [5.74, 6) is -0.0779. The van der Waals surface area contributed by atoms with Gasteiger partial charge in [0.25, 0.3) is 5.69 Å². The standard InChI is InChI=1S/C21H29FN2.C8H8NO2.3C2H6/c1-7-18-20(23-13-19(24-18)14(4)5)16-11-10-15(22)12-17(16)21(6,8-2)9-3;1-6-9-5-3-2-4-7(9)8(10)11-6;3*1-2/h10-14H,7-9H2,1-6H3;2-6H,1H3;3*1-2H3/q;+1;;;/t;6-;;;/m.1.../s1. The number of benzene rings is 1. The van der Waals surface area contributed by atoms with E-state index < -0.39 is 0 Å². The number of carbonyl (C=O) groups excluding carboxylic acids is 1. The summed E-state index contributed by atoms with van der Waals surface area (Å²) in [5.41, 5.74) is 5.50. The molecule has 6 heteroatoms. The SMILES string of the molecule is CC.CC.CC.CCc1nc(C(C)C)cnc1-c1ccc(F)cc1C(C)(CC)CC.C[C@H]1OC(=O)c2cccc[n+]21. The molecule has 0 bridgehead atoms. The van der Waals surface area contributed by atoms with Crippen LogP contribution in [0.1, 0.15) is 142 Å². The first-order valence-electron chi connectivity index (χ1n) is 15.5. The van der Waals surface area contributed by atoms with Gasteiger partial charge in [0.15, 0.2) is 6.20 Å². The second kappa shape index (κ2) is 19.1. The van der Waals surface area contributed by atoms with E-state index in [0.717, 1.165) is 47.5 Å². The molecule has 1 aliphatic heterocycles. The molecule has 3 heterocycles. The first-order chi connectivity index (χ1) is 19.6. The van der Waals surface area contributed by atoms with Crippen molar-refractivity contribution in [2.75, 3.05) is 0 Å². The molecule has 0 amide bonds. The Morgan fingerprint density at radius 1 is 1.00 bits per heavy atom. The van der Waals surface area contributed by atoms with E-state index in [1.165, 1.54) is 6.07 Å². The summed E-state index contributed by atoms with van der Waals surface area (Å²) in [5, 5.41) is 0. The molecule has 0 radical (unpaired) electrons. The molecule has 0 N–H and O–H groups in total. The fraction of sp³-hybridized carbons (Fsp3) is 0.543. The summed E-state index contributed by atoms with van der Waals surface area (Å²) < 4.78 is 20.7. The highest BCUT2D eigenvalue weighted by atomic mass is 19.1. The van der Waals surface area contributed by atoms with Gasteiger partial charge in [0, 0.05) is 30.8 Å². The van der Waals surface area contributed by atoms with Crippen LogP contribution in [0.15, 0.2) is 48.8 Å². The number of rotatable bonds is 6. The van der Waals surface area contributed by atoms with Gasteiger partial charge in [-0.05, 0) is 60.4 Å². The number of hydrogen-bond donors (Lipinski definition) is 0. The maximum absolute atomic E-state index is 14.0. The van der Waals surface area contributed by atoms with Gasteiger partial charge in [0.1, 0.15) is 5.82 Å². The Morgan fingerprint density at radius 3 is 2.12 bits per heavy atom. The number of ether oxygens (including phenoxy) is 1. The van der Waals surface area contributed by atoms with Gasteiger partial charge >= 0.3 is 12.2 Å². The van der Waals surface area contributed by atoms with Gasteiger partial charge in [-0.15, -0.1) is 0 Å². The van der Waals surface area contributed by atoms with E-state index in [9.17, 15) is 9.18 Å². The van der Waals surface area contributed by atoms with E-state index in [4.69, 9.17) is 14.7 Å². The van der Waals surface area contributed by atoms with E-state index in [0.29, 0.717) is 11.6 Å². The molecule has 228 valence electrons. The molecule has 3 aromatic rings. The van der Waals surface area contributed by atoms with Crippen LogP contribution in [0.25, 0.3) is 11.3 Å². The molecule has 0 saturated heterocycles. The Bertz CT molecular complexity index is 1190. The maximum atomic E-state index is 14.0. The quantitative estimate of drug-likeness (QED) is 0.219. The van der Waals surface area contributed by atoms with Gasteiger partial charge in [-0.2, -0.15) is 4.57 Å². The first kappa shape index (κ1) is 37.9. The second-order valence-electron chi connectivity index (χ2n) is 9.55. The van der Waals surface area contributed by atoms with Crippen LogP contribution in [0.3, 0.4) is 0 Å². The topological polar surface area (TPSA) is 56.0 Å². The van der Waals surface area contributed by atoms with Crippen LogP contribution in [0.4, 0.5) is 4.39 Å². The van der Waals surface area contributed by atoms with E-state index in [-0.39, 0.29) is 23.4 Å². The third-order valence-corrected chi connectivity index (χ3v) is 7.01. The van der Waals surface area contributed by atoms with E-state index in [1.54, 1.807) is 12.1 Å². The maximum Gasteiger partial charge on any atom is 0.408 e. The largest absolute Gasteiger partial charge is 0.408 e. The molecule has 2 aromatic heterocycles. The highest BCUT2D eigenvalue weighted by Gasteiger charge is 2.35. The number of esters is 1. The Morgan fingerprint density at radius 2 is 1.61 bits per heavy atom. The fourth-order valence-corrected chi connectivity index (χ4v) is 4.26. The van der Waals surface area contributed by atoms with Crippen molar-refractivity contribution in [3.63, 3.8) is 0 Å². The van der Waals surface area contributed by atoms with E-state index >= 15 is 0 Å². The molecule has 5 nitrogen and oxygen atoms in total. The lowest BCUT2D eigenvalue weighted by molar-refractivity contribution is -0.739. The average Bonchev–Trinajstić information content (AvgIpc) is 3.32. The lowest BCUT2D eigenvalue weighted by Crippen LogP contribution is -2.36. The van der Waals surface area contributed by atoms with Gasteiger partial charge in [-0.3, -0.25) is 9.97 Å². The van der Waals surface area contributed by atoms with Crippen molar-refractivity contribution in [1.29, 1.82) is 0 Å². The zero-order chi connectivity index (χ0) is 31.8. The number of nitrogens with zero attached hydrogens (tertiary/aromatic N) is 3. The summed E-state index contributed by atoms with van der Waals surface area (Å²) in [7, 11) is 0. The molecule has 0 unspecified atom stereocenters. The van der Waals surface area contributed by atoms with Crippen LogP contribution in [0.5, 0.6) is 0 Å². The summed E-state index contributed by atoms with van der Waals surface area (Å²) >= 11 is 0. The Hall–Kier alpha value is -3.15. The number of halogens is 1. The average molecular weight is 569 g/mol. The van der Waals surface area contributed by atoms with Crippen molar-refractivity contribution in [2.45, 2.75) is 127 Å². The zero-order valence-electron chi connectivity index (χ0n) is 27.9. The third-order valence-electron chi connectivity index (χ3n) is 7.01. The minimum Gasteiger partial charge on any atom is -0.395 e. The van der Waals surface area contributed by atoms with Crippen molar-refractivity contribution in [3.05, 3.63) is 77.3 Å². The molecule has 0 spiro atoms. The van der Waals surface area contributed by atoms with Crippen molar-refractivity contribution >= 4 is 5.97 Å². The lowest BCUT2D eigenvalue weighted by atomic mass is 9.75. The van der Waals surface area contributed by atoms with Gasteiger partial charge in [-0.1, -0.05) is 83.1 Å². The van der Waals surface area contributed by atoms with Crippen molar-refractivity contribution in [3.8, 4) is 11.3 Å². The van der Waals surface area contributed by atoms with Crippen LogP contribution >= 0.6 is 0 Å². The second-order valence-corrected chi connectivity index (χ2v) is 9.55.